The number of phenols is 1. The van der Waals surface area contributed by atoms with Gasteiger partial charge in [-0.25, -0.2) is 0 Å². The molecule has 0 aliphatic heterocycles. The Hall–Kier alpha value is -2.00. The SMILES string of the molecule is Cc1c(O)cc(OCc2ccccc2)cc1C(=N)Cl. The van der Waals surface area contributed by atoms with E-state index >= 15 is 0 Å². The lowest BCUT2D eigenvalue weighted by Crippen LogP contribution is -1.99. The molecule has 0 atom stereocenters. The topological polar surface area (TPSA) is 53.3 Å². The van der Waals surface area contributed by atoms with Crippen LogP contribution >= 0.6 is 11.6 Å². The van der Waals surface area contributed by atoms with E-state index in [4.69, 9.17) is 21.7 Å². The maximum Gasteiger partial charge on any atom is 0.128 e. The van der Waals surface area contributed by atoms with Crippen molar-refractivity contribution in [2.45, 2.75) is 13.5 Å². The summed E-state index contributed by atoms with van der Waals surface area (Å²) in [6.45, 7) is 2.11. The lowest BCUT2D eigenvalue weighted by molar-refractivity contribution is 0.304. The molecule has 0 heterocycles. The molecule has 0 saturated carbocycles. The molecule has 2 rings (SSSR count). The Labute approximate surface area is 116 Å². The van der Waals surface area contributed by atoms with E-state index in [9.17, 15) is 5.11 Å². The zero-order valence-corrected chi connectivity index (χ0v) is 11.2. The molecule has 0 aliphatic rings. The van der Waals surface area contributed by atoms with Gasteiger partial charge in [0.25, 0.3) is 0 Å². The van der Waals surface area contributed by atoms with Crippen LogP contribution in [0.3, 0.4) is 0 Å². The number of ether oxygens (including phenoxy) is 1. The summed E-state index contributed by atoms with van der Waals surface area (Å²) < 4.78 is 5.60. The highest BCUT2D eigenvalue weighted by atomic mass is 35.5. The van der Waals surface area contributed by atoms with Gasteiger partial charge in [0.15, 0.2) is 0 Å². The maximum atomic E-state index is 9.79. The highest BCUT2D eigenvalue weighted by Crippen LogP contribution is 2.28. The monoisotopic (exact) mass is 275 g/mol. The van der Waals surface area contributed by atoms with Crippen molar-refractivity contribution in [1.82, 2.24) is 0 Å². The van der Waals surface area contributed by atoms with Crippen molar-refractivity contribution in [3.63, 3.8) is 0 Å². The van der Waals surface area contributed by atoms with Gasteiger partial charge in [-0.3, -0.25) is 5.41 Å². The first-order valence-electron chi connectivity index (χ1n) is 5.82. The molecule has 0 spiro atoms. The first-order valence-corrected chi connectivity index (χ1v) is 6.20. The maximum absolute atomic E-state index is 9.79. The molecular formula is C15H14ClNO2. The van der Waals surface area contributed by atoms with Crippen molar-refractivity contribution < 1.29 is 9.84 Å². The predicted octanol–water partition coefficient (Wildman–Crippen LogP) is 3.84. The molecule has 0 radical (unpaired) electrons. The van der Waals surface area contributed by atoms with E-state index in [0.29, 0.717) is 23.5 Å². The Morgan fingerprint density at radius 3 is 2.58 bits per heavy atom. The van der Waals surface area contributed by atoms with E-state index in [1.165, 1.54) is 6.07 Å². The second-order valence-corrected chi connectivity index (χ2v) is 4.58. The van der Waals surface area contributed by atoms with Gasteiger partial charge in [-0.05, 0) is 18.6 Å². The van der Waals surface area contributed by atoms with Crippen molar-refractivity contribution in [3.05, 3.63) is 59.2 Å². The van der Waals surface area contributed by atoms with Crippen LogP contribution < -0.4 is 4.74 Å². The number of hydrogen-bond donors (Lipinski definition) is 2. The summed E-state index contributed by atoms with van der Waals surface area (Å²) >= 11 is 5.69. The molecule has 19 heavy (non-hydrogen) atoms. The first-order chi connectivity index (χ1) is 9.08. The molecule has 2 aromatic carbocycles. The van der Waals surface area contributed by atoms with Crippen molar-refractivity contribution >= 4 is 16.8 Å². The minimum atomic E-state index is -0.113. The average molecular weight is 276 g/mol. The predicted molar refractivity (Wildman–Crippen MR) is 76.3 cm³/mol. The lowest BCUT2D eigenvalue weighted by atomic mass is 10.1. The number of aromatic hydroxyl groups is 1. The zero-order valence-electron chi connectivity index (χ0n) is 10.5. The van der Waals surface area contributed by atoms with Gasteiger partial charge in [0.05, 0.1) is 0 Å². The summed E-state index contributed by atoms with van der Waals surface area (Å²) in [4.78, 5) is 0. The van der Waals surface area contributed by atoms with Crippen molar-refractivity contribution in [2.75, 3.05) is 0 Å². The highest BCUT2D eigenvalue weighted by molar-refractivity contribution is 6.68. The molecule has 0 aliphatic carbocycles. The van der Waals surface area contributed by atoms with Crippen LogP contribution in [-0.2, 0) is 6.61 Å². The van der Waals surface area contributed by atoms with Crippen LogP contribution in [0.15, 0.2) is 42.5 Å². The summed E-state index contributed by atoms with van der Waals surface area (Å²) in [6.07, 6.45) is 0. The fourth-order valence-corrected chi connectivity index (χ4v) is 1.92. The third kappa shape index (κ3) is 3.26. The molecule has 0 aromatic heterocycles. The van der Waals surface area contributed by atoms with E-state index in [1.54, 1.807) is 13.0 Å². The number of halogens is 1. The van der Waals surface area contributed by atoms with Crippen LogP contribution in [-0.4, -0.2) is 10.3 Å². The summed E-state index contributed by atoms with van der Waals surface area (Å²) in [6, 6.07) is 12.9. The van der Waals surface area contributed by atoms with Crippen molar-refractivity contribution in [3.8, 4) is 11.5 Å². The molecule has 98 valence electrons. The molecule has 0 unspecified atom stereocenters. The zero-order chi connectivity index (χ0) is 13.8. The van der Waals surface area contributed by atoms with Gasteiger partial charge in [-0.1, -0.05) is 41.9 Å². The summed E-state index contributed by atoms with van der Waals surface area (Å²) in [5, 5.41) is 17.1. The fourth-order valence-electron chi connectivity index (χ4n) is 1.73. The van der Waals surface area contributed by atoms with E-state index in [0.717, 1.165) is 5.56 Å². The molecule has 4 heteroatoms. The second kappa shape index (κ2) is 5.76. The van der Waals surface area contributed by atoms with Crippen LogP contribution in [0.25, 0.3) is 0 Å². The largest absolute Gasteiger partial charge is 0.508 e. The van der Waals surface area contributed by atoms with E-state index in [-0.39, 0.29) is 10.9 Å². The van der Waals surface area contributed by atoms with Gasteiger partial charge in [0.2, 0.25) is 0 Å². The van der Waals surface area contributed by atoms with Crippen LogP contribution in [0.2, 0.25) is 0 Å². The third-order valence-corrected chi connectivity index (χ3v) is 3.04. The number of nitrogens with one attached hydrogen (secondary N) is 1. The Balaban J connectivity index is 2.19. The third-order valence-electron chi connectivity index (χ3n) is 2.84. The molecule has 0 amide bonds. The number of benzene rings is 2. The smallest absolute Gasteiger partial charge is 0.128 e. The minimum Gasteiger partial charge on any atom is -0.508 e. The van der Waals surface area contributed by atoms with Crippen LogP contribution in [0.1, 0.15) is 16.7 Å². The Morgan fingerprint density at radius 2 is 1.95 bits per heavy atom. The molecular weight excluding hydrogens is 262 g/mol. The van der Waals surface area contributed by atoms with E-state index in [2.05, 4.69) is 0 Å². The van der Waals surface area contributed by atoms with Crippen LogP contribution in [0.4, 0.5) is 0 Å². The van der Waals surface area contributed by atoms with Gasteiger partial charge in [0.1, 0.15) is 23.3 Å². The van der Waals surface area contributed by atoms with Gasteiger partial charge in [0, 0.05) is 17.2 Å². The second-order valence-electron chi connectivity index (χ2n) is 4.20. The molecule has 0 saturated heterocycles. The standard InChI is InChI=1S/C15H14ClNO2/c1-10-13(15(16)17)7-12(8-14(10)18)19-9-11-5-3-2-4-6-11/h2-8,17-18H,9H2,1H3. The summed E-state index contributed by atoms with van der Waals surface area (Å²) in [7, 11) is 0. The Bertz CT molecular complexity index is 597. The quantitative estimate of drug-likeness (QED) is 0.833. The first kappa shape index (κ1) is 13.4. The van der Waals surface area contributed by atoms with Gasteiger partial charge >= 0.3 is 0 Å². The summed E-state index contributed by atoms with van der Waals surface area (Å²) in [5.74, 6) is 0.568. The summed E-state index contributed by atoms with van der Waals surface area (Å²) in [5.41, 5.74) is 2.09. The molecule has 2 N–H and O–H groups in total. The lowest BCUT2D eigenvalue weighted by Gasteiger charge is -2.11. The Morgan fingerprint density at radius 1 is 1.26 bits per heavy atom. The van der Waals surface area contributed by atoms with Crippen LogP contribution in [0.5, 0.6) is 11.5 Å². The number of hydrogen-bond acceptors (Lipinski definition) is 3. The average Bonchev–Trinajstić information content (AvgIpc) is 2.41. The molecule has 0 bridgehead atoms. The van der Waals surface area contributed by atoms with Gasteiger partial charge < -0.3 is 9.84 Å². The highest BCUT2D eigenvalue weighted by Gasteiger charge is 2.10. The molecule has 0 fully saturated rings. The normalized spacial score (nSPS) is 10.2. The number of rotatable bonds is 4. The Kier molecular flexibility index (Phi) is 4.07. The van der Waals surface area contributed by atoms with Crippen LogP contribution in [0, 0.1) is 12.3 Å². The van der Waals surface area contributed by atoms with Crippen molar-refractivity contribution in [1.29, 1.82) is 5.41 Å². The molecule has 2 aromatic rings. The van der Waals surface area contributed by atoms with Gasteiger partial charge in [-0.2, -0.15) is 0 Å². The minimum absolute atomic E-state index is 0.0750. The van der Waals surface area contributed by atoms with E-state index in [1.807, 2.05) is 30.3 Å². The molecule has 3 nitrogen and oxygen atoms in total. The van der Waals surface area contributed by atoms with E-state index < -0.39 is 0 Å². The fraction of sp³-hybridized carbons (Fsp3) is 0.133. The van der Waals surface area contributed by atoms with Gasteiger partial charge in [-0.15, -0.1) is 0 Å². The van der Waals surface area contributed by atoms with Crippen molar-refractivity contribution in [2.24, 2.45) is 0 Å². The number of phenolic OH excluding ortho intramolecular Hbond substituents is 1.